The van der Waals surface area contributed by atoms with E-state index in [9.17, 15) is 5.26 Å². The average Bonchev–Trinajstić information content (AvgIpc) is 3.03. The molecule has 2 aliphatic rings. The summed E-state index contributed by atoms with van der Waals surface area (Å²) in [6, 6.07) is 2.45. The van der Waals surface area contributed by atoms with Crippen LogP contribution in [0.2, 0.25) is 0 Å². The molecule has 0 aromatic heterocycles. The fourth-order valence-electron chi connectivity index (χ4n) is 1.94. The molecule has 3 nitrogen and oxygen atoms in total. The molecule has 0 spiro atoms. The Kier molecular flexibility index (Phi) is 3.05. The first-order valence-electron chi connectivity index (χ1n) is 5.59. The van der Waals surface area contributed by atoms with E-state index in [4.69, 9.17) is 4.74 Å². The van der Waals surface area contributed by atoms with E-state index in [1.54, 1.807) is 0 Å². The van der Waals surface area contributed by atoms with Crippen LogP contribution in [0.1, 0.15) is 32.1 Å². The number of nitriles is 1. The first kappa shape index (κ1) is 9.95. The quantitative estimate of drug-likeness (QED) is 0.739. The van der Waals surface area contributed by atoms with Gasteiger partial charge in [0.05, 0.1) is 6.07 Å². The van der Waals surface area contributed by atoms with E-state index in [0.717, 1.165) is 44.9 Å². The molecule has 2 rings (SSSR count). The van der Waals surface area contributed by atoms with Crippen LogP contribution in [0.25, 0.3) is 0 Å². The summed E-state index contributed by atoms with van der Waals surface area (Å²) in [5.41, 5.74) is -0.293. The highest BCUT2D eigenvalue weighted by atomic mass is 16.5. The van der Waals surface area contributed by atoms with Gasteiger partial charge in [0.1, 0.15) is 5.54 Å². The van der Waals surface area contributed by atoms with Crippen LogP contribution in [0.3, 0.4) is 0 Å². The third-order valence-electron chi connectivity index (χ3n) is 3.21. The molecular formula is C11H18N2O. The summed E-state index contributed by atoms with van der Waals surface area (Å²) in [5.74, 6) is 0.837. The Bertz CT molecular complexity index is 222. The number of hydrogen-bond donors (Lipinski definition) is 1. The van der Waals surface area contributed by atoms with Crippen LogP contribution >= 0.6 is 0 Å². The molecule has 1 saturated heterocycles. The van der Waals surface area contributed by atoms with E-state index in [-0.39, 0.29) is 5.54 Å². The smallest absolute Gasteiger partial charge is 0.109 e. The first-order valence-corrected chi connectivity index (χ1v) is 5.59. The van der Waals surface area contributed by atoms with Crippen molar-refractivity contribution in [3.63, 3.8) is 0 Å². The number of nitrogens with zero attached hydrogens (tertiary/aromatic N) is 1. The van der Waals surface area contributed by atoms with Crippen LogP contribution in [-0.2, 0) is 4.74 Å². The maximum atomic E-state index is 9.23. The Hall–Kier alpha value is -0.590. The van der Waals surface area contributed by atoms with Crippen molar-refractivity contribution in [3.8, 4) is 6.07 Å². The molecule has 1 aliphatic carbocycles. The van der Waals surface area contributed by atoms with Gasteiger partial charge in [0.15, 0.2) is 0 Å². The van der Waals surface area contributed by atoms with Gasteiger partial charge in [0, 0.05) is 19.6 Å². The molecule has 0 bridgehead atoms. The molecule has 1 N–H and O–H groups in total. The van der Waals surface area contributed by atoms with Crippen molar-refractivity contribution in [2.75, 3.05) is 19.8 Å². The highest BCUT2D eigenvalue weighted by molar-refractivity contribution is 5.08. The third-order valence-corrected chi connectivity index (χ3v) is 3.21. The molecular weight excluding hydrogens is 176 g/mol. The van der Waals surface area contributed by atoms with E-state index >= 15 is 0 Å². The SMILES string of the molecule is N#CC1(NCC2CC2)CCCOCC1. The van der Waals surface area contributed by atoms with Crippen molar-refractivity contribution in [1.29, 1.82) is 5.26 Å². The van der Waals surface area contributed by atoms with Gasteiger partial charge in [-0.15, -0.1) is 0 Å². The average molecular weight is 194 g/mol. The minimum Gasteiger partial charge on any atom is -0.381 e. The van der Waals surface area contributed by atoms with Crippen LogP contribution in [0, 0.1) is 17.2 Å². The van der Waals surface area contributed by atoms with Gasteiger partial charge >= 0.3 is 0 Å². The van der Waals surface area contributed by atoms with Crippen LogP contribution in [-0.4, -0.2) is 25.3 Å². The standard InChI is InChI=1S/C11H18N2O/c12-9-11(13-8-10-2-3-10)4-1-6-14-7-5-11/h10,13H,1-8H2. The van der Waals surface area contributed by atoms with Gasteiger partial charge in [0.25, 0.3) is 0 Å². The Morgan fingerprint density at radius 3 is 2.93 bits per heavy atom. The topological polar surface area (TPSA) is 45.0 Å². The van der Waals surface area contributed by atoms with Gasteiger partial charge in [-0.1, -0.05) is 0 Å². The number of ether oxygens (including phenoxy) is 1. The van der Waals surface area contributed by atoms with Gasteiger partial charge in [-0.25, -0.2) is 0 Å². The highest BCUT2D eigenvalue weighted by Crippen LogP contribution is 2.29. The first-order chi connectivity index (χ1) is 6.85. The molecule has 0 amide bonds. The van der Waals surface area contributed by atoms with Crippen molar-refractivity contribution in [2.45, 2.75) is 37.6 Å². The molecule has 2 fully saturated rings. The Balaban J connectivity index is 1.88. The summed E-state index contributed by atoms with van der Waals surface area (Å²) in [4.78, 5) is 0. The fourth-order valence-corrected chi connectivity index (χ4v) is 1.94. The molecule has 1 unspecified atom stereocenters. The lowest BCUT2D eigenvalue weighted by Gasteiger charge is -2.25. The molecule has 3 heteroatoms. The van der Waals surface area contributed by atoms with Gasteiger partial charge < -0.3 is 4.74 Å². The lowest BCUT2D eigenvalue weighted by molar-refractivity contribution is 0.140. The Morgan fingerprint density at radius 1 is 1.36 bits per heavy atom. The second kappa shape index (κ2) is 4.29. The van der Waals surface area contributed by atoms with E-state index in [1.165, 1.54) is 12.8 Å². The summed E-state index contributed by atoms with van der Waals surface area (Å²) < 4.78 is 5.38. The summed E-state index contributed by atoms with van der Waals surface area (Å²) in [7, 11) is 0. The van der Waals surface area contributed by atoms with E-state index in [1.807, 2.05) is 0 Å². The Morgan fingerprint density at radius 2 is 2.21 bits per heavy atom. The van der Waals surface area contributed by atoms with Crippen molar-refractivity contribution >= 4 is 0 Å². The van der Waals surface area contributed by atoms with Crippen LogP contribution in [0.4, 0.5) is 0 Å². The zero-order valence-corrected chi connectivity index (χ0v) is 8.59. The lowest BCUT2D eigenvalue weighted by atomic mass is 9.92. The zero-order chi connectivity index (χ0) is 9.86. The number of rotatable bonds is 3. The van der Waals surface area contributed by atoms with Crippen LogP contribution < -0.4 is 5.32 Å². The van der Waals surface area contributed by atoms with Crippen molar-refractivity contribution < 1.29 is 4.74 Å². The number of nitrogens with one attached hydrogen (secondary N) is 1. The highest BCUT2D eigenvalue weighted by Gasteiger charge is 2.33. The maximum Gasteiger partial charge on any atom is 0.109 e. The van der Waals surface area contributed by atoms with E-state index in [2.05, 4.69) is 11.4 Å². The molecule has 14 heavy (non-hydrogen) atoms. The van der Waals surface area contributed by atoms with Gasteiger partial charge in [-0.05, 0) is 38.1 Å². The van der Waals surface area contributed by atoms with Crippen LogP contribution in [0.15, 0.2) is 0 Å². The zero-order valence-electron chi connectivity index (χ0n) is 8.59. The molecule has 1 saturated carbocycles. The molecule has 78 valence electrons. The van der Waals surface area contributed by atoms with E-state index < -0.39 is 0 Å². The van der Waals surface area contributed by atoms with Gasteiger partial charge in [0.2, 0.25) is 0 Å². The molecule has 1 heterocycles. The van der Waals surface area contributed by atoms with Crippen molar-refractivity contribution in [3.05, 3.63) is 0 Å². The fraction of sp³-hybridized carbons (Fsp3) is 0.909. The monoisotopic (exact) mass is 194 g/mol. The van der Waals surface area contributed by atoms with Crippen molar-refractivity contribution in [1.82, 2.24) is 5.32 Å². The summed E-state index contributed by atoms with van der Waals surface area (Å²) in [6.07, 6.45) is 5.47. The molecule has 1 aliphatic heterocycles. The van der Waals surface area contributed by atoms with Crippen molar-refractivity contribution in [2.24, 2.45) is 5.92 Å². The number of hydrogen-bond acceptors (Lipinski definition) is 3. The summed E-state index contributed by atoms with van der Waals surface area (Å²) in [5, 5.41) is 12.7. The van der Waals surface area contributed by atoms with Gasteiger partial charge in [-0.3, -0.25) is 5.32 Å². The largest absolute Gasteiger partial charge is 0.381 e. The molecule has 0 aromatic carbocycles. The molecule has 1 atom stereocenters. The minimum absolute atomic E-state index is 0.293. The van der Waals surface area contributed by atoms with Gasteiger partial charge in [-0.2, -0.15) is 5.26 Å². The predicted molar refractivity (Wildman–Crippen MR) is 53.7 cm³/mol. The van der Waals surface area contributed by atoms with E-state index in [0.29, 0.717) is 0 Å². The summed E-state index contributed by atoms with van der Waals surface area (Å²) >= 11 is 0. The molecule has 0 aromatic rings. The normalized spacial score (nSPS) is 33.4. The summed E-state index contributed by atoms with van der Waals surface area (Å²) in [6.45, 7) is 2.56. The maximum absolute atomic E-state index is 9.23. The molecule has 0 radical (unpaired) electrons. The van der Waals surface area contributed by atoms with Crippen LogP contribution in [0.5, 0.6) is 0 Å². The lowest BCUT2D eigenvalue weighted by Crippen LogP contribution is -2.45. The second-order valence-electron chi connectivity index (χ2n) is 4.48. The minimum atomic E-state index is -0.293. The Labute approximate surface area is 85.4 Å². The second-order valence-corrected chi connectivity index (χ2v) is 4.48. The predicted octanol–water partition coefficient (Wildman–Crippen LogP) is 1.45. The third kappa shape index (κ3) is 2.46.